The quantitative estimate of drug-likeness (QED) is 0.755. The Morgan fingerprint density at radius 3 is 2.83 bits per heavy atom. The first kappa shape index (κ1) is 14.0. The average Bonchev–Trinajstić information content (AvgIpc) is 2.81. The van der Waals surface area contributed by atoms with Crippen LogP contribution in [0.3, 0.4) is 0 Å². The van der Waals surface area contributed by atoms with E-state index in [4.69, 9.17) is 0 Å². The Kier molecular flexibility index (Phi) is 5.13. The van der Waals surface area contributed by atoms with E-state index in [9.17, 15) is 0 Å². The van der Waals surface area contributed by atoms with Crippen LogP contribution in [0.1, 0.15) is 38.7 Å². The fourth-order valence-corrected chi connectivity index (χ4v) is 3.84. The molecule has 2 rings (SSSR count). The third-order valence-corrected chi connectivity index (χ3v) is 5.24. The molecule has 0 bridgehead atoms. The van der Waals surface area contributed by atoms with Crippen LogP contribution in [0.2, 0.25) is 0 Å². The molecule has 2 atom stereocenters. The van der Waals surface area contributed by atoms with Gasteiger partial charge in [0.1, 0.15) is 0 Å². The lowest BCUT2D eigenvalue weighted by Gasteiger charge is -2.26. The summed E-state index contributed by atoms with van der Waals surface area (Å²) in [4.78, 5) is 4.13. The summed E-state index contributed by atoms with van der Waals surface area (Å²) in [6.45, 7) is 10.6. The Balaban J connectivity index is 1.97. The highest BCUT2D eigenvalue weighted by Crippen LogP contribution is 2.39. The van der Waals surface area contributed by atoms with Crippen LogP contribution in [0.25, 0.3) is 0 Å². The number of likely N-dealkylation sites (N-methyl/N-ethyl adjacent to an activating group) is 1. The van der Waals surface area contributed by atoms with Crippen molar-refractivity contribution in [3.63, 3.8) is 0 Å². The molecule has 0 radical (unpaired) electrons. The zero-order chi connectivity index (χ0) is 13.0. The molecule has 0 saturated heterocycles. The van der Waals surface area contributed by atoms with Gasteiger partial charge in [0.2, 0.25) is 0 Å². The number of fused-ring (bicyclic) bond motifs is 1. The molecule has 0 aliphatic carbocycles. The Bertz CT molecular complexity index is 377. The summed E-state index contributed by atoms with van der Waals surface area (Å²) in [6.07, 6.45) is 1.28. The third kappa shape index (κ3) is 3.30. The molecule has 18 heavy (non-hydrogen) atoms. The molecular weight excluding hydrogens is 238 g/mol. The van der Waals surface area contributed by atoms with Gasteiger partial charge in [-0.1, -0.05) is 45.4 Å². The number of nitrogens with zero attached hydrogens (tertiary/aromatic N) is 1. The predicted molar refractivity (Wildman–Crippen MR) is 81.5 cm³/mol. The third-order valence-electron chi connectivity index (χ3n) is 3.99. The van der Waals surface area contributed by atoms with Gasteiger partial charge >= 0.3 is 0 Å². The van der Waals surface area contributed by atoms with Crippen LogP contribution in [0.5, 0.6) is 0 Å². The second-order valence-electron chi connectivity index (χ2n) is 5.41. The summed E-state index contributed by atoms with van der Waals surface area (Å²) in [5.41, 5.74) is 1.57. The maximum atomic E-state index is 2.63. The number of hydrogen-bond acceptors (Lipinski definition) is 2. The summed E-state index contributed by atoms with van der Waals surface area (Å²) in [6, 6.07) is 8.93. The lowest BCUT2D eigenvalue weighted by Crippen LogP contribution is -2.32. The molecule has 2 unspecified atom stereocenters. The largest absolute Gasteiger partial charge is 0.303 e. The lowest BCUT2D eigenvalue weighted by atomic mass is 10.00. The van der Waals surface area contributed by atoms with Crippen molar-refractivity contribution in [2.24, 2.45) is 5.92 Å². The summed E-state index contributed by atoms with van der Waals surface area (Å²) in [5, 5.41) is 0. The SMILES string of the molecule is CCC(C)CN(CC)CC1CSc2ccccc21. The van der Waals surface area contributed by atoms with Crippen LogP contribution >= 0.6 is 11.8 Å². The van der Waals surface area contributed by atoms with Gasteiger partial charge in [0.25, 0.3) is 0 Å². The van der Waals surface area contributed by atoms with Crippen molar-refractivity contribution in [2.45, 2.75) is 38.0 Å². The van der Waals surface area contributed by atoms with Gasteiger partial charge in [-0.2, -0.15) is 0 Å². The summed E-state index contributed by atoms with van der Waals surface area (Å²) < 4.78 is 0. The van der Waals surface area contributed by atoms with Crippen molar-refractivity contribution in [2.75, 3.05) is 25.4 Å². The molecule has 0 amide bonds. The van der Waals surface area contributed by atoms with Crippen molar-refractivity contribution in [3.05, 3.63) is 29.8 Å². The van der Waals surface area contributed by atoms with E-state index >= 15 is 0 Å². The molecule has 1 aliphatic heterocycles. The fraction of sp³-hybridized carbons (Fsp3) is 0.625. The highest BCUT2D eigenvalue weighted by molar-refractivity contribution is 7.99. The molecule has 2 heteroatoms. The summed E-state index contributed by atoms with van der Waals surface area (Å²) >= 11 is 2.03. The number of benzene rings is 1. The topological polar surface area (TPSA) is 3.24 Å². The van der Waals surface area contributed by atoms with E-state index in [0.717, 1.165) is 11.8 Å². The van der Waals surface area contributed by atoms with E-state index in [1.165, 1.54) is 36.7 Å². The van der Waals surface area contributed by atoms with E-state index in [1.54, 1.807) is 5.56 Å². The van der Waals surface area contributed by atoms with Gasteiger partial charge in [0.15, 0.2) is 0 Å². The summed E-state index contributed by atoms with van der Waals surface area (Å²) in [5.74, 6) is 2.81. The predicted octanol–water partition coefficient (Wildman–Crippen LogP) is 4.24. The molecule has 1 aliphatic rings. The fourth-order valence-electron chi connectivity index (χ4n) is 2.59. The number of rotatable bonds is 6. The van der Waals surface area contributed by atoms with Gasteiger partial charge in [-0.25, -0.2) is 0 Å². The maximum Gasteiger partial charge on any atom is 0.0108 e. The highest BCUT2D eigenvalue weighted by Gasteiger charge is 2.24. The van der Waals surface area contributed by atoms with Crippen molar-refractivity contribution < 1.29 is 0 Å². The normalized spacial score (nSPS) is 20.1. The van der Waals surface area contributed by atoms with Gasteiger partial charge < -0.3 is 4.90 Å². The van der Waals surface area contributed by atoms with E-state index in [-0.39, 0.29) is 0 Å². The minimum atomic E-state index is 0.732. The lowest BCUT2D eigenvalue weighted by molar-refractivity contribution is 0.236. The maximum absolute atomic E-state index is 2.63. The minimum absolute atomic E-state index is 0.732. The Morgan fingerprint density at radius 2 is 2.11 bits per heavy atom. The molecule has 1 aromatic rings. The molecule has 1 heterocycles. The van der Waals surface area contributed by atoms with E-state index in [2.05, 4.69) is 49.9 Å². The second kappa shape index (κ2) is 6.63. The van der Waals surface area contributed by atoms with Gasteiger partial charge in [0.05, 0.1) is 0 Å². The standard InChI is InChI=1S/C16H25NS/c1-4-13(3)10-17(5-2)11-14-12-18-16-9-7-6-8-15(14)16/h6-9,13-14H,4-5,10-12H2,1-3H3. The molecule has 0 spiro atoms. The van der Waals surface area contributed by atoms with Crippen LogP contribution in [-0.4, -0.2) is 30.3 Å². The Hall–Kier alpha value is -0.470. The van der Waals surface area contributed by atoms with Gasteiger partial charge in [-0.3, -0.25) is 0 Å². The van der Waals surface area contributed by atoms with Gasteiger partial charge in [-0.15, -0.1) is 11.8 Å². The minimum Gasteiger partial charge on any atom is -0.303 e. The first-order chi connectivity index (χ1) is 8.74. The van der Waals surface area contributed by atoms with Crippen molar-refractivity contribution in [3.8, 4) is 0 Å². The number of thioether (sulfide) groups is 1. The Morgan fingerprint density at radius 1 is 1.33 bits per heavy atom. The van der Waals surface area contributed by atoms with Crippen LogP contribution in [0.4, 0.5) is 0 Å². The van der Waals surface area contributed by atoms with E-state index in [1.807, 2.05) is 11.8 Å². The van der Waals surface area contributed by atoms with Gasteiger partial charge in [-0.05, 0) is 24.1 Å². The van der Waals surface area contributed by atoms with Crippen LogP contribution in [0, 0.1) is 5.92 Å². The monoisotopic (exact) mass is 263 g/mol. The molecule has 1 nitrogen and oxygen atoms in total. The van der Waals surface area contributed by atoms with Crippen LogP contribution < -0.4 is 0 Å². The zero-order valence-electron chi connectivity index (χ0n) is 11.9. The van der Waals surface area contributed by atoms with Gasteiger partial charge in [0, 0.05) is 29.7 Å². The van der Waals surface area contributed by atoms with Crippen molar-refractivity contribution >= 4 is 11.8 Å². The molecule has 1 aromatic carbocycles. The summed E-state index contributed by atoms with van der Waals surface area (Å²) in [7, 11) is 0. The average molecular weight is 263 g/mol. The first-order valence-electron chi connectivity index (χ1n) is 7.18. The first-order valence-corrected chi connectivity index (χ1v) is 8.17. The number of hydrogen-bond donors (Lipinski definition) is 0. The van der Waals surface area contributed by atoms with E-state index < -0.39 is 0 Å². The molecule has 0 aromatic heterocycles. The smallest absolute Gasteiger partial charge is 0.0108 e. The second-order valence-corrected chi connectivity index (χ2v) is 6.47. The molecule has 0 saturated carbocycles. The molecule has 100 valence electrons. The highest BCUT2D eigenvalue weighted by atomic mass is 32.2. The Labute approximate surface area is 116 Å². The van der Waals surface area contributed by atoms with Crippen molar-refractivity contribution in [1.82, 2.24) is 4.90 Å². The van der Waals surface area contributed by atoms with E-state index in [0.29, 0.717) is 0 Å². The van der Waals surface area contributed by atoms with Crippen LogP contribution in [0.15, 0.2) is 29.2 Å². The van der Waals surface area contributed by atoms with Crippen molar-refractivity contribution in [1.29, 1.82) is 0 Å². The van der Waals surface area contributed by atoms with Crippen LogP contribution in [-0.2, 0) is 0 Å². The molecule has 0 fully saturated rings. The zero-order valence-corrected chi connectivity index (χ0v) is 12.7. The molecular formula is C16H25NS. The molecule has 0 N–H and O–H groups in total.